The van der Waals surface area contributed by atoms with Gasteiger partial charge in [-0.1, -0.05) is 31.9 Å². The fourth-order valence-corrected chi connectivity index (χ4v) is 2.13. The van der Waals surface area contributed by atoms with E-state index in [4.69, 9.17) is 14.7 Å². The molecule has 4 heteroatoms. The minimum absolute atomic E-state index is 0.407. The van der Waals surface area contributed by atoms with Gasteiger partial charge in [0, 0.05) is 6.08 Å². The molecule has 25 heavy (non-hydrogen) atoms. The summed E-state index contributed by atoms with van der Waals surface area (Å²) < 4.78 is 10.8. The molecular formula is C21H21NO3. The van der Waals surface area contributed by atoms with Crippen molar-refractivity contribution in [2.75, 3.05) is 6.61 Å². The molecule has 4 nitrogen and oxygen atoms in total. The standard InChI is InChI=1S/C21H21NO3/c1-2-3-4-15-24-19-10-5-17(6-11-19)9-14-21(23)25-20-12-7-18(16-22)8-13-20/h5-14H,2-4,15H2,1H3. The van der Waals surface area contributed by atoms with Crippen molar-refractivity contribution in [3.05, 3.63) is 65.7 Å². The lowest BCUT2D eigenvalue weighted by Gasteiger charge is -2.05. The zero-order valence-corrected chi connectivity index (χ0v) is 14.3. The summed E-state index contributed by atoms with van der Waals surface area (Å²) in [6.07, 6.45) is 6.45. The Morgan fingerprint density at radius 3 is 2.36 bits per heavy atom. The van der Waals surface area contributed by atoms with E-state index in [1.165, 1.54) is 18.9 Å². The van der Waals surface area contributed by atoms with E-state index in [1.54, 1.807) is 30.3 Å². The molecule has 128 valence electrons. The third-order valence-corrected chi connectivity index (χ3v) is 3.51. The van der Waals surface area contributed by atoms with Crippen molar-refractivity contribution >= 4 is 12.0 Å². The van der Waals surface area contributed by atoms with Crippen LogP contribution >= 0.6 is 0 Å². The van der Waals surface area contributed by atoms with Gasteiger partial charge in [0.1, 0.15) is 11.5 Å². The third kappa shape index (κ3) is 6.52. The van der Waals surface area contributed by atoms with Crippen LogP contribution < -0.4 is 9.47 Å². The number of carbonyl (C=O) groups is 1. The Balaban J connectivity index is 1.83. The molecule has 0 spiro atoms. The number of benzene rings is 2. The minimum atomic E-state index is -0.468. The SMILES string of the molecule is CCCCCOc1ccc(C=CC(=O)Oc2ccc(C#N)cc2)cc1. The van der Waals surface area contributed by atoms with Crippen LogP contribution in [0.4, 0.5) is 0 Å². The van der Waals surface area contributed by atoms with Crippen molar-refractivity contribution in [1.82, 2.24) is 0 Å². The second-order valence-corrected chi connectivity index (χ2v) is 5.52. The van der Waals surface area contributed by atoms with Crippen LogP contribution in [0.1, 0.15) is 37.3 Å². The molecule has 0 aliphatic carbocycles. The second-order valence-electron chi connectivity index (χ2n) is 5.52. The first-order valence-corrected chi connectivity index (χ1v) is 8.34. The largest absolute Gasteiger partial charge is 0.494 e. The normalized spacial score (nSPS) is 10.4. The average molecular weight is 335 g/mol. The monoisotopic (exact) mass is 335 g/mol. The Hall–Kier alpha value is -3.06. The molecule has 0 aliphatic heterocycles. The van der Waals surface area contributed by atoms with Gasteiger partial charge in [-0.25, -0.2) is 4.79 Å². The summed E-state index contributed by atoms with van der Waals surface area (Å²) in [5.41, 5.74) is 1.41. The maximum Gasteiger partial charge on any atom is 0.336 e. The Labute approximate surface area is 148 Å². The Morgan fingerprint density at radius 1 is 1.04 bits per heavy atom. The first-order chi connectivity index (χ1) is 12.2. The molecule has 2 rings (SSSR count). The molecule has 0 saturated carbocycles. The lowest BCUT2D eigenvalue weighted by atomic mass is 10.2. The molecule has 2 aromatic carbocycles. The van der Waals surface area contributed by atoms with Crippen LogP contribution in [0, 0.1) is 11.3 Å². The fraction of sp³-hybridized carbons (Fsp3) is 0.238. The molecule has 0 aromatic heterocycles. The van der Waals surface area contributed by atoms with Gasteiger partial charge in [-0.15, -0.1) is 0 Å². The summed E-state index contributed by atoms with van der Waals surface area (Å²) in [5.74, 6) is 0.766. The van der Waals surface area contributed by atoms with Gasteiger partial charge in [-0.2, -0.15) is 5.26 Å². The molecule has 0 aliphatic rings. The maximum atomic E-state index is 11.8. The van der Waals surface area contributed by atoms with E-state index >= 15 is 0 Å². The fourth-order valence-electron chi connectivity index (χ4n) is 2.13. The van der Waals surface area contributed by atoms with E-state index in [0.29, 0.717) is 11.3 Å². The number of hydrogen-bond acceptors (Lipinski definition) is 4. The highest BCUT2D eigenvalue weighted by atomic mass is 16.5. The van der Waals surface area contributed by atoms with Crippen LogP contribution in [0.15, 0.2) is 54.6 Å². The Morgan fingerprint density at radius 2 is 1.72 bits per heavy atom. The molecule has 0 N–H and O–H groups in total. The summed E-state index contributed by atoms with van der Waals surface area (Å²) in [4.78, 5) is 11.8. The lowest BCUT2D eigenvalue weighted by Crippen LogP contribution is -2.03. The van der Waals surface area contributed by atoms with Gasteiger partial charge >= 0.3 is 5.97 Å². The van der Waals surface area contributed by atoms with Gasteiger partial charge in [0.25, 0.3) is 0 Å². The Bertz CT molecular complexity index is 740. The molecule has 0 atom stereocenters. The van der Waals surface area contributed by atoms with Gasteiger partial charge in [-0.3, -0.25) is 0 Å². The van der Waals surface area contributed by atoms with Crippen molar-refractivity contribution in [1.29, 1.82) is 5.26 Å². The number of unbranched alkanes of at least 4 members (excludes halogenated alkanes) is 2. The van der Waals surface area contributed by atoms with Gasteiger partial charge in [0.05, 0.1) is 18.2 Å². The van der Waals surface area contributed by atoms with E-state index in [9.17, 15) is 4.79 Å². The molecule has 0 unspecified atom stereocenters. The first-order valence-electron chi connectivity index (χ1n) is 8.34. The number of esters is 1. The van der Waals surface area contributed by atoms with E-state index in [2.05, 4.69) is 6.92 Å². The highest BCUT2D eigenvalue weighted by molar-refractivity contribution is 5.88. The van der Waals surface area contributed by atoms with Crippen LogP contribution in [0.5, 0.6) is 11.5 Å². The molecule has 2 aromatic rings. The summed E-state index contributed by atoms with van der Waals surface area (Å²) in [7, 11) is 0. The van der Waals surface area contributed by atoms with Crippen molar-refractivity contribution < 1.29 is 14.3 Å². The van der Waals surface area contributed by atoms with Crippen molar-refractivity contribution in [3.8, 4) is 17.6 Å². The second kappa shape index (κ2) is 9.94. The molecule has 0 bridgehead atoms. The zero-order valence-electron chi connectivity index (χ0n) is 14.3. The van der Waals surface area contributed by atoms with Crippen LogP contribution in [0.25, 0.3) is 6.08 Å². The number of rotatable bonds is 8. The molecular weight excluding hydrogens is 314 g/mol. The number of hydrogen-bond donors (Lipinski definition) is 0. The van der Waals surface area contributed by atoms with Gasteiger partial charge in [0.2, 0.25) is 0 Å². The first kappa shape index (κ1) is 18.3. The predicted molar refractivity (Wildman–Crippen MR) is 97.3 cm³/mol. The van der Waals surface area contributed by atoms with E-state index in [1.807, 2.05) is 30.3 Å². The molecule has 0 amide bonds. The topological polar surface area (TPSA) is 59.3 Å². The number of nitrogens with zero attached hydrogens (tertiary/aromatic N) is 1. The van der Waals surface area contributed by atoms with Crippen LogP contribution in [0.3, 0.4) is 0 Å². The van der Waals surface area contributed by atoms with Gasteiger partial charge < -0.3 is 9.47 Å². The highest BCUT2D eigenvalue weighted by Gasteiger charge is 2.01. The molecule has 0 fully saturated rings. The molecule has 0 saturated heterocycles. The highest BCUT2D eigenvalue weighted by Crippen LogP contribution is 2.15. The van der Waals surface area contributed by atoms with E-state index < -0.39 is 5.97 Å². The predicted octanol–water partition coefficient (Wildman–Crippen LogP) is 4.75. The van der Waals surface area contributed by atoms with Gasteiger partial charge in [-0.05, 0) is 54.5 Å². The average Bonchev–Trinajstić information content (AvgIpc) is 2.65. The summed E-state index contributed by atoms with van der Waals surface area (Å²) in [5, 5.41) is 8.73. The van der Waals surface area contributed by atoms with E-state index in [-0.39, 0.29) is 0 Å². The van der Waals surface area contributed by atoms with Crippen molar-refractivity contribution in [2.45, 2.75) is 26.2 Å². The number of ether oxygens (including phenoxy) is 2. The van der Waals surface area contributed by atoms with Gasteiger partial charge in [0.15, 0.2) is 0 Å². The summed E-state index contributed by atoms with van der Waals surface area (Å²) in [6, 6.07) is 16.0. The van der Waals surface area contributed by atoms with Crippen molar-refractivity contribution in [3.63, 3.8) is 0 Å². The molecule has 0 heterocycles. The van der Waals surface area contributed by atoms with Crippen LogP contribution in [-0.2, 0) is 4.79 Å². The Kier molecular flexibility index (Phi) is 7.27. The van der Waals surface area contributed by atoms with Crippen molar-refractivity contribution in [2.24, 2.45) is 0 Å². The minimum Gasteiger partial charge on any atom is -0.494 e. The summed E-state index contributed by atoms with van der Waals surface area (Å²) >= 11 is 0. The summed E-state index contributed by atoms with van der Waals surface area (Å²) in [6.45, 7) is 2.88. The number of nitriles is 1. The van der Waals surface area contributed by atoms with Crippen LogP contribution in [0.2, 0.25) is 0 Å². The smallest absolute Gasteiger partial charge is 0.336 e. The lowest BCUT2D eigenvalue weighted by molar-refractivity contribution is -0.128. The quantitative estimate of drug-likeness (QED) is 0.302. The van der Waals surface area contributed by atoms with Crippen LogP contribution in [-0.4, -0.2) is 12.6 Å². The third-order valence-electron chi connectivity index (χ3n) is 3.51. The van der Waals surface area contributed by atoms with E-state index in [0.717, 1.165) is 24.3 Å². The number of carbonyl (C=O) groups excluding carboxylic acids is 1. The molecule has 0 radical (unpaired) electrons. The maximum absolute atomic E-state index is 11.8. The zero-order chi connectivity index (χ0) is 17.9.